The van der Waals surface area contributed by atoms with Gasteiger partial charge in [-0.2, -0.15) is 0 Å². The molecule has 1 unspecified atom stereocenters. The lowest BCUT2D eigenvalue weighted by molar-refractivity contribution is -0.122. The SMILES string of the molecule is O=C1CCC(NCC2CCCCCC2)CN1. The molecule has 1 saturated carbocycles. The van der Waals surface area contributed by atoms with Crippen LogP contribution in [0.25, 0.3) is 0 Å². The average molecular weight is 224 g/mol. The molecule has 16 heavy (non-hydrogen) atoms. The van der Waals surface area contributed by atoms with Gasteiger partial charge in [0.25, 0.3) is 0 Å². The molecule has 1 atom stereocenters. The first-order valence-corrected chi connectivity index (χ1v) is 6.84. The van der Waals surface area contributed by atoms with Gasteiger partial charge in [-0.15, -0.1) is 0 Å². The van der Waals surface area contributed by atoms with E-state index in [2.05, 4.69) is 10.6 Å². The average Bonchev–Trinajstić information content (AvgIpc) is 2.57. The molecule has 2 N–H and O–H groups in total. The molecule has 0 aromatic heterocycles. The predicted octanol–water partition coefficient (Wildman–Crippen LogP) is 1.82. The van der Waals surface area contributed by atoms with Gasteiger partial charge in [0.15, 0.2) is 0 Å². The summed E-state index contributed by atoms with van der Waals surface area (Å²) in [5.41, 5.74) is 0. The van der Waals surface area contributed by atoms with Crippen LogP contribution in [0.15, 0.2) is 0 Å². The van der Waals surface area contributed by atoms with E-state index in [0.29, 0.717) is 12.5 Å². The molecule has 3 heteroatoms. The second-order valence-electron chi connectivity index (χ2n) is 5.31. The van der Waals surface area contributed by atoms with Gasteiger partial charge in [-0.1, -0.05) is 25.7 Å². The van der Waals surface area contributed by atoms with E-state index in [0.717, 1.165) is 25.4 Å². The smallest absolute Gasteiger partial charge is 0.220 e. The van der Waals surface area contributed by atoms with Crippen LogP contribution in [0.4, 0.5) is 0 Å². The van der Waals surface area contributed by atoms with Gasteiger partial charge in [0.05, 0.1) is 0 Å². The molecule has 0 aromatic carbocycles. The maximum atomic E-state index is 11.0. The van der Waals surface area contributed by atoms with E-state index in [4.69, 9.17) is 0 Å². The van der Waals surface area contributed by atoms with Gasteiger partial charge in [0.1, 0.15) is 0 Å². The minimum absolute atomic E-state index is 0.215. The fourth-order valence-corrected chi connectivity index (χ4v) is 2.81. The first-order chi connectivity index (χ1) is 7.84. The molecule has 2 rings (SSSR count). The van der Waals surface area contributed by atoms with Crippen LogP contribution >= 0.6 is 0 Å². The van der Waals surface area contributed by atoms with Crippen molar-refractivity contribution in [3.05, 3.63) is 0 Å². The van der Waals surface area contributed by atoms with Crippen molar-refractivity contribution in [1.29, 1.82) is 0 Å². The molecule has 1 amide bonds. The highest BCUT2D eigenvalue weighted by atomic mass is 16.1. The zero-order valence-electron chi connectivity index (χ0n) is 10.1. The van der Waals surface area contributed by atoms with Crippen molar-refractivity contribution in [3.8, 4) is 0 Å². The van der Waals surface area contributed by atoms with Crippen LogP contribution in [0.5, 0.6) is 0 Å². The third-order valence-electron chi connectivity index (χ3n) is 3.94. The third-order valence-corrected chi connectivity index (χ3v) is 3.94. The molecule has 92 valence electrons. The predicted molar refractivity (Wildman–Crippen MR) is 65.2 cm³/mol. The molecule has 0 radical (unpaired) electrons. The molecule has 1 aliphatic heterocycles. The third kappa shape index (κ3) is 3.78. The number of rotatable bonds is 3. The van der Waals surface area contributed by atoms with Crippen LogP contribution in [0.2, 0.25) is 0 Å². The molecule has 1 saturated heterocycles. The highest BCUT2D eigenvalue weighted by Crippen LogP contribution is 2.22. The molecular weight excluding hydrogens is 200 g/mol. The maximum Gasteiger partial charge on any atom is 0.220 e. The fourth-order valence-electron chi connectivity index (χ4n) is 2.81. The Hall–Kier alpha value is -0.570. The molecule has 3 nitrogen and oxygen atoms in total. The van der Waals surface area contributed by atoms with E-state index >= 15 is 0 Å². The van der Waals surface area contributed by atoms with Crippen LogP contribution in [0.1, 0.15) is 51.4 Å². The van der Waals surface area contributed by atoms with Gasteiger partial charge in [-0.05, 0) is 31.7 Å². The van der Waals surface area contributed by atoms with Crippen LogP contribution in [0.3, 0.4) is 0 Å². The van der Waals surface area contributed by atoms with Gasteiger partial charge >= 0.3 is 0 Å². The summed E-state index contributed by atoms with van der Waals surface area (Å²) in [4.78, 5) is 11.0. The second kappa shape index (κ2) is 6.24. The van der Waals surface area contributed by atoms with Gasteiger partial charge in [0.2, 0.25) is 5.91 Å². The van der Waals surface area contributed by atoms with Crippen LogP contribution in [-0.2, 0) is 4.79 Å². The lowest BCUT2D eigenvalue weighted by atomic mass is 9.99. The Morgan fingerprint density at radius 2 is 1.88 bits per heavy atom. The zero-order chi connectivity index (χ0) is 11.2. The molecule has 1 heterocycles. The van der Waals surface area contributed by atoms with Crippen molar-refractivity contribution in [3.63, 3.8) is 0 Å². The first kappa shape index (κ1) is 11.9. The molecule has 0 spiro atoms. The Bertz CT molecular complexity index is 212. The van der Waals surface area contributed by atoms with Crippen molar-refractivity contribution in [1.82, 2.24) is 10.6 Å². The monoisotopic (exact) mass is 224 g/mol. The van der Waals surface area contributed by atoms with Crippen molar-refractivity contribution in [2.45, 2.75) is 57.4 Å². The maximum absolute atomic E-state index is 11.0. The minimum Gasteiger partial charge on any atom is -0.355 e. The summed E-state index contributed by atoms with van der Waals surface area (Å²) in [6.45, 7) is 1.98. The number of carbonyl (C=O) groups is 1. The Kier molecular flexibility index (Phi) is 4.64. The van der Waals surface area contributed by atoms with Gasteiger partial charge in [0, 0.05) is 19.0 Å². The topological polar surface area (TPSA) is 41.1 Å². The van der Waals surface area contributed by atoms with Crippen LogP contribution in [-0.4, -0.2) is 25.0 Å². The number of nitrogens with one attached hydrogen (secondary N) is 2. The molecule has 0 aromatic rings. The first-order valence-electron chi connectivity index (χ1n) is 6.84. The lowest BCUT2D eigenvalue weighted by Gasteiger charge is -2.25. The number of hydrogen-bond donors (Lipinski definition) is 2. The summed E-state index contributed by atoms with van der Waals surface area (Å²) in [6.07, 6.45) is 10.2. The summed E-state index contributed by atoms with van der Waals surface area (Å²) in [6, 6.07) is 0.515. The van der Waals surface area contributed by atoms with Crippen molar-refractivity contribution in [2.75, 3.05) is 13.1 Å². The van der Waals surface area contributed by atoms with Crippen molar-refractivity contribution in [2.24, 2.45) is 5.92 Å². The van der Waals surface area contributed by atoms with Crippen molar-refractivity contribution >= 4 is 5.91 Å². The summed E-state index contributed by atoms with van der Waals surface area (Å²) < 4.78 is 0. The molecular formula is C13H24N2O. The van der Waals surface area contributed by atoms with Crippen LogP contribution < -0.4 is 10.6 Å². The summed E-state index contributed by atoms with van der Waals surface area (Å²) >= 11 is 0. The Morgan fingerprint density at radius 3 is 2.50 bits per heavy atom. The lowest BCUT2D eigenvalue weighted by Crippen LogP contribution is -2.46. The number of amides is 1. The van der Waals surface area contributed by atoms with E-state index in [-0.39, 0.29) is 5.91 Å². The highest BCUT2D eigenvalue weighted by molar-refractivity contribution is 5.76. The minimum atomic E-state index is 0.215. The number of hydrogen-bond acceptors (Lipinski definition) is 2. The molecule has 2 aliphatic rings. The zero-order valence-corrected chi connectivity index (χ0v) is 10.1. The molecule has 2 fully saturated rings. The number of piperidine rings is 1. The summed E-state index contributed by atoms with van der Waals surface area (Å²) in [7, 11) is 0. The van der Waals surface area contributed by atoms with E-state index in [1.54, 1.807) is 0 Å². The van der Waals surface area contributed by atoms with E-state index in [1.165, 1.54) is 38.5 Å². The van der Waals surface area contributed by atoms with E-state index < -0.39 is 0 Å². The largest absolute Gasteiger partial charge is 0.355 e. The Balaban J connectivity index is 1.64. The van der Waals surface area contributed by atoms with Gasteiger partial charge < -0.3 is 10.6 Å². The van der Waals surface area contributed by atoms with Crippen molar-refractivity contribution < 1.29 is 4.79 Å². The van der Waals surface area contributed by atoms with Crippen LogP contribution in [0, 0.1) is 5.92 Å². The number of carbonyl (C=O) groups excluding carboxylic acids is 1. The fraction of sp³-hybridized carbons (Fsp3) is 0.923. The van der Waals surface area contributed by atoms with Gasteiger partial charge in [-0.3, -0.25) is 4.79 Å². The van der Waals surface area contributed by atoms with E-state index in [9.17, 15) is 4.79 Å². The second-order valence-corrected chi connectivity index (χ2v) is 5.31. The van der Waals surface area contributed by atoms with Gasteiger partial charge in [-0.25, -0.2) is 0 Å². The highest BCUT2D eigenvalue weighted by Gasteiger charge is 2.19. The Labute approximate surface area is 98.4 Å². The summed E-state index contributed by atoms with van der Waals surface area (Å²) in [5.74, 6) is 1.09. The summed E-state index contributed by atoms with van der Waals surface area (Å²) in [5, 5.41) is 6.56. The quantitative estimate of drug-likeness (QED) is 0.718. The standard InChI is InChI=1S/C13H24N2O/c16-13-8-7-12(10-15-13)14-9-11-5-3-1-2-4-6-11/h11-12,14H,1-10H2,(H,15,16). The normalized spacial score (nSPS) is 28.5. The Morgan fingerprint density at radius 1 is 1.12 bits per heavy atom. The molecule has 1 aliphatic carbocycles. The molecule has 0 bridgehead atoms. The van der Waals surface area contributed by atoms with E-state index in [1.807, 2.05) is 0 Å².